The largest absolute Gasteiger partial charge is 0.489 e. The molecule has 1 saturated heterocycles. The van der Waals surface area contributed by atoms with Crippen molar-refractivity contribution < 1.29 is 13.9 Å². The molecule has 1 amide bonds. The fourth-order valence-corrected chi connectivity index (χ4v) is 4.84. The van der Waals surface area contributed by atoms with Gasteiger partial charge in [0.2, 0.25) is 0 Å². The van der Waals surface area contributed by atoms with Gasteiger partial charge in [-0.3, -0.25) is 9.69 Å². The van der Waals surface area contributed by atoms with Gasteiger partial charge in [0.25, 0.3) is 5.91 Å². The van der Waals surface area contributed by atoms with Crippen LogP contribution >= 0.6 is 35.0 Å². The van der Waals surface area contributed by atoms with E-state index in [2.05, 4.69) is 0 Å². The molecule has 4 aromatic rings. The minimum Gasteiger partial charge on any atom is -0.489 e. The Morgan fingerprint density at radius 2 is 1.57 bits per heavy atom. The van der Waals surface area contributed by atoms with Gasteiger partial charge in [0.15, 0.2) is 5.17 Å². The maximum atomic E-state index is 13.5. The quantitative estimate of drug-likeness (QED) is 0.227. The molecule has 1 aliphatic heterocycles. The zero-order chi connectivity index (χ0) is 25.8. The molecule has 1 fully saturated rings. The van der Waals surface area contributed by atoms with Crippen LogP contribution < -0.4 is 9.64 Å². The number of hydrogen-bond acceptors (Lipinski definition) is 4. The van der Waals surface area contributed by atoms with Crippen molar-refractivity contribution in [3.63, 3.8) is 0 Å². The highest BCUT2D eigenvalue weighted by Crippen LogP contribution is 2.38. The first-order valence-corrected chi connectivity index (χ1v) is 12.8. The third-order valence-corrected chi connectivity index (χ3v) is 6.89. The van der Waals surface area contributed by atoms with Crippen molar-refractivity contribution in [3.05, 3.63) is 129 Å². The highest BCUT2D eigenvalue weighted by molar-refractivity contribution is 8.19. The number of benzene rings is 4. The van der Waals surface area contributed by atoms with Crippen LogP contribution in [0.5, 0.6) is 5.75 Å². The van der Waals surface area contributed by atoms with Crippen molar-refractivity contribution in [2.75, 3.05) is 4.90 Å². The lowest BCUT2D eigenvalue weighted by Crippen LogP contribution is -2.28. The number of aliphatic imine (C=N–C) groups is 1. The lowest BCUT2D eigenvalue weighted by Gasteiger charge is -2.15. The van der Waals surface area contributed by atoms with Crippen LogP contribution in [0.25, 0.3) is 6.08 Å². The van der Waals surface area contributed by atoms with E-state index in [0.29, 0.717) is 43.8 Å². The van der Waals surface area contributed by atoms with Gasteiger partial charge in [-0.25, -0.2) is 9.38 Å². The molecule has 5 rings (SSSR count). The van der Waals surface area contributed by atoms with Crippen LogP contribution in [0.3, 0.4) is 0 Å². The number of anilines is 1. The van der Waals surface area contributed by atoms with E-state index in [1.807, 2.05) is 30.3 Å². The van der Waals surface area contributed by atoms with E-state index in [1.54, 1.807) is 65.6 Å². The number of ether oxygens (including phenoxy) is 1. The number of carbonyl (C=O) groups excluding carboxylic acids is 1. The predicted molar refractivity (Wildman–Crippen MR) is 150 cm³/mol. The summed E-state index contributed by atoms with van der Waals surface area (Å²) >= 11 is 13.4. The second kappa shape index (κ2) is 11.2. The summed E-state index contributed by atoms with van der Waals surface area (Å²) in [4.78, 5) is 20.3. The van der Waals surface area contributed by atoms with Gasteiger partial charge in [-0.2, -0.15) is 0 Å². The third-order valence-electron chi connectivity index (χ3n) is 5.42. The molecule has 1 aliphatic rings. The van der Waals surface area contributed by atoms with Gasteiger partial charge in [-0.05, 0) is 102 Å². The van der Waals surface area contributed by atoms with Gasteiger partial charge < -0.3 is 4.74 Å². The first-order chi connectivity index (χ1) is 17.9. The number of amidine groups is 1. The first-order valence-electron chi connectivity index (χ1n) is 11.3. The van der Waals surface area contributed by atoms with Gasteiger partial charge in [0.1, 0.15) is 18.2 Å². The highest BCUT2D eigenvalue weighted by atomic mass is 35.5. The van der Waals surface area contributed by atoms with Gasteiger partial charge in [-0.15, -0.1) is 0 Å². The molecule has 4 aromatic carbocycles. The molecule has 0 aromatic heterocycles. The highest BCUT2D eigenvalue weighted by Gasteiger charge is 2.34. The van der Waals surface area contributed by atoms with Crippen molar-refractivity contribution in [1.29, 1.82) is 0 Å². The van der Waals surface area contributed by atoms with E-state index >= 15 is 0 Å². The lowest BCUT2D eigenvalue weighted by molar-refractivity contribution is -0.113. The monoisotopic (exact) mass is 548 g/mol. The summed E-state index contributed by atoms with van der Waals surface area (Å²) in [5.74, 6) is 0.152. The molecule has 8 heteroatoms. The molecule has 0 spiro atoms. The Morgan fingerprint density at radius 1 is 0.892 bits per heavy atom. The predicted octanol–water partition coefficient (Wildman–Crippen LogP) is 8.52. The summed E-state index contributed by atoms with van der Waals surface area (Å²) < 4.78 is 19.0. The zero-order valence-corrected chi connectivity index (χ0v) is 21.6. The molecule has 37 heavy (non-hydrogen) atoms. The summed E-state index contributed by atoms with van der Waals surface area (Å²) in [6.07, 6.45) is 1.81. The minimum atomic E-state index is -0.289. The Bertz CT molecular complexity index is 1490. The van der Waals surface area contributed by atoms with Crippen molar-refractivity contribution in [1.82, 2.24) is 0 Å². The number of halogens is 3. The Balaban J connectivity index is 1.42. The van der Waals surface area contributed by atoms with Crippen LogP contribution in [0.1, 0.15) is 11.1 Å². The van der Waals surface area contributed by atoms with Gasteiger partial charge in [-0.1, -0.05) is 47.5 Å². The van der Waals surface area contributed by atoms with E-state index in [-0.39, 0.29) is 11.7 Å². The molecule has 0 bridgehead atoms. The Hall–Kier alpha value is -3.58. The van der Waals surface area contributed by atoms with Crippen molar-refractivity contribution in [3.8, 4) is 5.75 Å². The standard InChI is InChI=1S/C29H19Cl2FN2O2S/c30-21-6-12-24(13-7-21)33-29-34(25-14-8-22(31)9-15-25)28(35)27(37-29)17-20-2-1-3-26(16-20)36-18-19-4-10-23(32)11-5-19/h1-17H,18H2/b27-17-,33-29?. The fraction of sp³-hybridized carbons (Fsp3) is 0.0345. The molecule has 0 atom stereocenters. The summed E-state index contributed by atoms with van der Waals surface area (Å²) in [6.45, 7) is 0.302. The second-order valence-corrected chi connectivity index (χ2v) is 9.97. The van der Waals surface area contributed by atoms with Gasteiger partial charge >= 0.3 is 0 Å². The molecule has 4 nitrogen and oxygen atoms in total. The van der Waals surface area contributed by atoms with E-state index < -0.39 is 0 Å². The zero-order valence-electron chi connectivity index (χ0n) is 19.3. The van der Waals surface area contributed by atoms with Crippen molar-refractivity contribution in [2.45, 2.75) is 6.61 Å². The number of thioether (sulfide) groups is 1. The normalized spacial score (nSPS) is 15.5. The van der Waals surface area contributed by atoms with Gasteiger partial charge in [0, 0.05) is 10.0 Å². The number of amides is 1. The molecular weight excluding hydrogens is 530 g/mol. The SMILES string of the molecule is O=C1/C(=C/c2cccc(OCc3ccc(F)cc3)c2)SC(=Nc2ccc(Cl)cc2)N1c1ccc(Cl)cc1. The van der Waals surface area contributed by atoms with Crippen molar-refractivity contribution in [2.24, 2.45) is 4.99 Å². The van der Waals surface area contributed by atoms with Crippen LogP contribution in [0.2, 0.25) is 10.0 Å². The van der Waals surface area contributed by atoms with Crippen LogP contribution in [0.15, 0.2) is 107 Å². The average molecular weight is 549 g/mol. The Labute approximate surface area is 228 Å². The third kappa shape index (κ3) is 6.23. The number of carbonyl (C=O) groups is 1. The fourth-order valence-electron chi connectivity index (χ4n) is 3.59. The molecular formula is C29H19Cl2FN2O2S. The number of rotatable bonds is 6. The minimum absolute atomic E-state index is 0.197. The smallest absolute Gasteiger partial charge is 0.271 e. The maximum absolute atomic E-state index is 13.5. The Kier molecular flexibility index (Phi) is 7.60. The topological polar surface area (TPSA) is 41.9 Å². The van der Waals surface area contributed by atoms with Crippen LogP contribution in [0.4, 0.5) is 15.8 Å². The van der Waals surface area contributed by atoms with E-state index in [4.69, 9.17) is 32.9 Å². The summed E-state index contributed by atoms with van der Waals surface area (Å²) in [5, 5.41) is 1.70. The van der Waals surface area contributed by atoms with E-state index in [9.17, 15) is 9.18 Å². The number of nitrogens with zero attached hydrogens (tertiary/aromatic N) is 2. The molecule has 0 aliphatic carbocycles. The van der Waals surface area contributed by atoms with E-state index in [0.717, 1.165) is 11.1 Å². The maximum Gasteiger partial charge on any atom is 0.271 e. The molecule has 1 heterocycles. The second-order valence-electron chi connectivity index (χ2n) is 8.09. The molecule has 0 N–H and O–H groups in total. The van der Waals surface area contributed by atoms with Crippen LogP contribution in [-0.2, 0) is 11.4 Å². The lowest BCUT2D eigenvalue weighted by atomic mass is 10.2. The van der Waals surface area contributed by atoms with Crippen LogP contribution in [0, 0.1) is 5.82 Å². The molecule has 0 radical (unpaired) electrons. The van der Waals surface area contributed by atoms with Crippen molar-refractivity contribution >= 4 is 63.5 Å². The van der Waals surface area contributed by atoms with Gasteiger partial charge in [0.05, 0.1) is 16.3 Å². The molecule has 0 saturated carbocycles. The van der Waals surface area contributed by atoms with Crippen LogP contribution in [-0.4, -0.2) is 11.1 Å². The summed E-state index contributed by atoms with van der Waals surface area (Å²) in [7, 11) is 0. The summed E-state index contributed by atoms with van der Waals surface area (Å²) in [6, 6.07) is 27.7. The average Bonchev–Trinajstić information content (AvgIpc) is 3.20. The van der Waals surface area contributed by atoms with E-state index in [1.165, 1.54) is 23.9 Å². The number of hydrogen-bond donors (Lipinski definition) is 0. The Morgan fingerprint density at radius 3 is 2.27 bits per heavy atom. The molecule has 0 unspecified atom stereocenters. The first kappa shape index (κ1) is 25.1. The molecule has 184 valence electrons. The summed E-state index contributed by atoms with van der Waals surface area (Å²) in [5.41, 5.74) is 3.00.